The van der Waals surface area contributed by atoms with Crippen molar-refractivity contribution in [1.29, 1.82) is 0 Å². The van der Waals surface area contributed by atoms with E-state index in [4.69, 9.17) is 15.2 Å². The fraction of sp³-hybridized carbons (Fsp3) is 0.533. The average molecular weight is 278 g/mol. The molecule has 1 aromatic rings. The lowest BCUT2D eigenvalue weighted by atomic mass is 10.3. The van der Waals surface area contributed by atoms with E-state index in [-0.39, 0.29) is 5.91 Å². The Bertz CT molecular complexity index is 433. The van der Waals surface area contributed by atoms with E-state index in [1.807, 2.05) is 12.1 Å². The van der Waals surface area contributed by atoms with Gasteiger partial charge in [-0.2, -0.15) is 0 Å². The Kier molecular flexibility index (Phi) is 5.68. The van der Waals surface area contributed by atoms with Crippen LogP contribution in [0.2, 0.25) is 0 Å². The first-order chi connectivity index (χ1) is 9.75. The zero-order valence-electron chi connectivity index (χ0n) is 11.6. The molecule has 1 aliphatic rings. The van der Waals surface area contributed by atoms with E-state index in [0.717, 1.165) is 12.5 Å². The van der Waals surface area contributed by atoms with Crippen molar-refractivity contribution in [3.8, 4) is 5.75 Å². The normalized spacial score (nSPS) is 14.0. The second-order valence-electron chi connectivity index (χ2n) is 5.00. The van der Waals surface area contributed by atoms with Gasteiger partial charge in [-0.3, -0.25) is 4.79 Å². The number of carbonyl (C=O) groups excluding carboxylic acids is 1. The van der Waals surface area contributed by atoms with Gasteiger partial charge in [-0.05, 0) is 30.9 Å². The highest BCUT2D eigenvalue weighted by atomic mass is 16.5. The SMILES string of the molecule is Nc1ccccc1OCCC(=O)NCCOCC1CC1. The number of nitrogen functional groups attached to an aromatic ring is 1. The van der Waals surface area contributed by atoms with Gasteiger partial charge < -0.3 is 20.5 Å². The summed E-state index contributed by atoms with van der Waals surface area (Å²) in [6, 6.07) is 7.26. The summed E-state index contributed by atoms with van der Waals surface area (Å²) >= 11 is 0. The van der Waals surface area contributed by atoms with Gasteiger partial charge in [-0.15, -0.1) is 0 Å². The summed E-state index contributed by atoms with van der Waals surface area (Å²) < 4.78 is 10.9. The van der Waals surface area contributed by atoms with Gasteiger partial charge in [-0.25, -0.2) is 0 Å². The van der Waals surface area contributed by atoms with Crippen molar-refractivity contribution >= 4 is 11.6 Å². The van der Waals surface area contributed by atoms with Gasteiger partial charge in [0.25, 0.3) is 0 Å². The van der Waals surface area contributed by atoms with Crippen LogP contribution in [0.25, 0.3) is 0 Å². The van der Waals surface area contributed by atoms with Gasteiger partial charge >= 0.3 is 0 Å². The molecule has 0 spiro atoms. The van der Waals surface area contributed by atoms with Crippen LogP contribution in [0.3, 0.4) is 0 Å². The molecule has 0 aliphatic heterocycles. The molecular formula is C15H22N2O3. The van der Waals surface area contributed by atoms with Crippen LogP contribution in [0.5, 0.6) is 5.75 Å². The number of para-hydroxylation sites is 2. The highest BCUT2D eigenvalue weighted by Crippen LogP contribution is 2.28. The maximum Gasteiger partial charge on any atom is 0.223 e. The maximum absolute atomic E-state index is 11.5. The summed E-state index contributed by atoms with van der Waals surface area (Å²) in [6.45, 7) is 2.28. The molecule has 1 aromatic carbocycles. The van der Waals surface area contributed by atoms with Crippen LogP contribution in [-0.4, -0.2) is 32.3 Å². The lowest BCUT2D eigenvalue weighted by molar-refractivity contribution is -0.121. The molecule has 3 N–H and O–H groups in total. The van der Waals surface area contributed by atoms with Gasteiger partial charge in [0.15, 0.2) is 0 Å². The van der Waals surface area contributed by atoms with Crippen molar-refractivity contribution in [1.82, 2.24) is 5.32 Å². The topological polar surface area (TPSA) is 73.6 Å². The molecule has 0 saturated heterocycles. The Morgan fingerprint density at radius 2 is 2.10 bits per heavy atom. The molecule has 2 rings (SSSR count). The third kappa shape index (κ3) is 5.48. The minimum absolute atomic E-state index is 0.0328. The number of anilines is 1. The average Bonchev–Trinajstić information content (AvgIpc) is 3.25. The second-order valence-corrected chi connectivity index (χ2v) is 5.00. The van der Waals surface area contributed by atoms with E-state index in [1.54, 1.807) is 12.1 Å². The van der Waals surface area contributed by atoms with Crippen LogP contribution >= 0.6 is 0 Å². The first-order valence-electron chi connectivity index (χ1n) is 7.07. The molecule has 0 bridgehead atoms. The van der Waals surface area contributed by atoms with E-state index in [2.05, 4.69) is 5.32 Å². The van der Waals surface area contributed by atoms with Crippen LogP contribution < -0.4 is 15.8 Å². The molecule has 0 aromatic heterocycles. The Morgan fingerprint density at radius 3 is 2.85 bits per heavy atom. The summed E-state index contributed by atoms with van der Waals surface area (Å²) in [5, 5.41) is 2.80. The number of nitrogens with two attached hydrogens (primary N) is 1. The number of hydrogen-bond acceptors (Lipinski definition) is 4. The number of carbonyl (C=O) groups is 1. The third-order valence-electron chi connectivity index (χ3n) is 3.12. The molecular weight excluding hydrogens is 256 g/mol. The number of benzene rings is 1. The zero-order chi connectivity index (χ0) is 14.2. The number of rotatable bonds is 9. The van der Waals surface area contributed by atoms with Crippen molar-refractivity contribution in [3.05, 3.63) is 24.3 Å². The molecule has 1 amide bonds. The molecule has 5 heteroatoms. The summed E-state index contributed by atoms with van der Waals surface area (Å²) in [5.74, 6) is 1.35. The van der Waals surface area contributed by atoms with Crippen LogP contribution in [0, 0.1) is 5.92 Å². The van der Waals surface area contributed by atoms with Crippen molar-refractivity contribution in [2.45, 2.75) is 19.3 Å². The van der Waals surface area contributed by atoms with Gasteiger partial charge in [-0.1, -0.05) is 12.1 Å². The number of hydrogen-bond donors (Lipinski definition) is 2. The van der Waals surface area contributed by atoms with Crippen molar-refractivity contribution in [2.24, 2.45) is 5.92 Å². The van der Waals surface area contributed by atoms with E-state index in [0.29, 0.717) is 37.6 Å². The molecule has 0 atom stereocenters. The van der Waals surface area contributed by atoms with Crippen molar-refractivity contribution in [2.75, 3.05) is 32.1 Å². The minimum atomic E-state index is -0.0328. The Morgan fingerprint density at radius 1 is 1.30 bits per heavy atom. The molecule has 5 nitrogen and oxygen atoms in total. The van der Waals surface area contributed by atoms with Gasteiger partial charge in [0.1, 0.15) is 5.75 Å². The molecule has 1 saturated carbocycles. The molecule has 1 aliphatic carbocycles. The molecule has 0 unspecified atom stereocenters. The molecule has 0 radical (unpaired) electrons. The van der Waals surface area contributed by atoms with Gasteiger partial charge in [0.05, 0.1) is 25.3 Å². The number of amides is 1. The zero-order valence-corrected chi connectivity index (χ0v) is 11.6. The van der Waals surface area contributed by atoms with Crippen LogP contribution in [0.1, 0.15) is 19.3 Å². The fourth-order valence-electron chi connectivity index (χ4n) is 1.75. The van der Waals surface area contributed by atoms with Crippen molar-refractivity contribution in [3.63, 3.8) is 0 Å². The minimum Gasteiger partial charge on any atom is -0.491 e. The van der Waals surface area contributed by atoms with Gasteiger partial charge in [0, 0.05) is 13.2 Å². The Balaban J connectivity index is 1.50. The summed E-state index contributed by atoms with van der Waals surface area (Å²) in [5.41, 5.74) is 6.32. The van der Waals surface area contributed by atoms with Crippen molar-refractivity contribution < 1.29 is 14.3 Å². The summed E-state index contributed by atoms with van der Waals surface area (Å²) in [6.07, 6.45) is 2.88. The molecule has 0 heterocycles. The Labute approximate surface area is 119 Å². The van der Waals surface area contributed by atoms with E-state index in [9.17, 15) is 4.79 Å². The highest BCUT2D eigenvalue weighted by Gasteiger charge is 2.20. The fourth-order valence-corrected chi connectivity index (χ4v) is 1.75. The molecule has 110 valence electrons. The largest absolute Gasteiger partial charge is 0.491 e. The number of nitrogens with one attached hydrogen (secondary N) is 1. The summed E-state index contributed by atoms with van der Waals surface area (Å²) in [7, 11) is 0. The smallest absolute Gasteiger partial charge is 0.223 e. The standard InChI is InChI=1S/C15H22N2O3/c16-13-3-1-2-4-14(13)20-9-7-15(18)17-8-10-19-11-12-5-6-12/h1-4,12H,5-11,16H2,(H,17,18). The van der Waals surface area contributed by atoms with Gasteiger partial charge in [0.2, 0.25) is 5.91 Å². The predicted octanol–water partition coefficient (Wildman–Crippen LogP) is 1.58. The van der Waals surface area contributed by atoms with Crippen LogP contribution in [0.15, 0.2) is 24.3 Å². The summed E-state index contributed by atoms with van der Waals surface area (Å²) in [4.78, 5) is 11.5. The monoisotopic (exact) mass is 278 g/mol. The first kappa shape index (κ1) is 14.7. The maximum atomic E-state index is 11.5. The second kappa shape index (κ2) is 7.75. The van der Waals surface area contributed by atoms with Crippen LogP contribution in [0.4, 0.5) is 5.69 Å². The van der Waals surface area contributed by atoms with E-state index < -0.39 is 0 Å². The van der Waals surface area contributed by atoms with E-state index >= 15 is 0 Å². The van der Waals surface area contributed by atoms with Crippen LogP contribution in [-0.2, 0) is 9.53 Å². The van der Waals surface area contributed by atoms with E-state index in [1.165, 1.54) is 12.8 Å². The lowest BCUT2D eigenvalue weighted by Gasteiger charge is -2.09. The number of ether oxygens (including phenoxy) is 2. The third-order valence-corrected chi connectivity index (χ3v) is 3.12. The molecule has 1 fully saturated rings. The molecule has 20 heavy (non-hydrogen) atoms. The highest BCUT2D eigenvalue weighted by molar-refractivity contribution is 5.76. The first-order valence-corrected chi connectivity index (χ1v) is 7.07. The lowest BCUT2D eigenvalue weighted by Crippen LogP contribution is -2.28. The predicted molar refractivity (Wildman–Crippen MR) is 77.5 cm³/mol. The quantitative estimate of drug-likeness (QED) is 0.531. The Hall–Kier alpha value is -1.75.